The number of rotatable bonds is 16. The first-order valence-electron chi connectivity index (χ1n) is 16.3. The van der Waals surface area contributed by atoms with Gasteiger partial charge in [0.1, 0.15) is 6.61 Å². The maximum atomic E-state index is 14.3. The first kappa shape index (κ1) is 48.2. The van der Waals surface area contributed by atoms with Crippen LogP contribution in [0.25, 0.3) is 0 Å². The van der Waals surface area contributed by atoms with Gasteiger partial charge in [-0.05, 0) is 75.0 Å². The van der Waals surface area contributed by atoms with Gasteiger partial charge in [-0.25, -0.2) is 8.42 Å². The van der Waals surface area contributed by atoms with Crippen molar-refractivity contribution in [2.24, 2.45) is 32.5 Å². The maximum absolute atomic E-state index is 14.3. The van der Waals surface area contributed by atoms with E-state index >= 15 is 0 Å². The summed E-state index contributed by atoms with van der Waals surface area (Å²) in [6.07, 6.45) is -16.1. The van der Waals surface area contributed by atoms with Crippen LogP contribution in [0.3, 0.4) is 0 Å². The lowest BCUT2D eigenvalue weighted by atomic mass is 9.44. The summed E-state index contributed by atoms with van der Waals surface area (Å²) in [6, 6.07) is 0. The third-order valence-corrected chi connectivity index (χ3v) is 12.5. The minimum absolute atomic E-state index is 0.0655. The quantitative estimate of drug-likeness (QED) is 0.124. The van der Waals surface area contributed by atoms with Crippen LogP contribution in [0, 0.1) is 32.5 Å². The minimum Gasteiger partial charge on any atom is -0.463 e. The monoisotopic (exact) mass is 765 g/mol. The second kappa shape index (κ2) is 14.9. The van der Waals surface area contributed by atoms with Crippen molar-refractivity contribution in [3.8, 4) is 0 Å². The van der Waals surface area contributed by atoms with Gasteiger partial charge in [-0.2, -0.15) is 44.2 Å². The molecular weight excluding hydrogens is 709 g/mol. The molecule has 4 atom stereocenters. The van der Waals surface area contributed by atoms with E-state index in [0.717, 1.165) is 13.8 Å². The molecular formula is C33H56F9NO6S. The Balaban J connectivity index is 7.39. The molecule has 0 bridgehead atoms. The van der Waals surface area contributed by atoms with E-state index in [1.54, 1.807) is 62.3 Å². The molecule has 0 aromatic rings. The van der Waals surface area contributed by atoms with Gasteiger partial charge in [-0.3, -0.25) is 9.59 Å². The molecule has 1 N–H and O–H groups in total. The fourth-order valence-corrected chi connectivity index (χ4v) is 7.82. The molecule has 298 valence electrons. The Morgan fingerprint density at radius 2 is 1.08 bits per heavy atom. The van der Waals surface area contributed by atoms with E-state index in [2.05, 4.69) is 4.74 Å². The average Bonchev–Trinajstić information content (AvgIpc) is 2.89. The van der Waals surface area contributed by atoms with Crippen LogP contribution < -0.4 is 4.72 Å². The highest BCUT2D eigenvalue weighted by atomic mass is 32.2. The van der Waals surface area contributed by atoms with Crippen molar-refractivity contribution in [1.29, 1.82) is 0 Å². The van der Waals surface area contributed by atoms with Crippen LogP contribution in [0.15, 0.2) is 0 Å². The van der Waals surface area contributed by atoms with Gasteiger partial charge in [0.2, 0.25) is 0 Å². The third kappa shape index (κ3) is 10.4. The smallest absolute Gasteiger partial charge is 0.463 e. The van der Waals surface area contributed by atoms with E-state index in [4.69, 9.17) is 4.74 Å². The van der Waals surface area contributed by atoms with Crippen molar-refractivity contribution < 1.29 is 67.0 Å². The zero-order valence-electron chi connectivity index (χ0n) is 31.6. The van der Waals surface area contributed by atoms with Crippen molar-refractivity contribution in [2.45, 2.75) is 159 Å². The van der Waals surface area contributed by atoms with Gasteiger partial charge >= 0.3 is 39.8 Å². The summed E-state index contributed by atoms with van der Waals surface area (Å²) in [4.78, 5) is 28.0. The molecule has 0 amide bonds. The molecule has 0 fully saturated rings. The van der Waals surface area contributed by atoms with Crippen LogP contribution in [-0.2, 0) is 29.1 Å². The number of hydrogen-bond acceptors (Lipinski definition) is 6. The van der Waals surface area contributed by atoms with Crippen LogP contribution in [0.5, 0.6) is 0 Å². The lowest BCUT2D eigenvalue weighted by Crippen LogP contribution is -2.59. The Labute approximate surface area is 291 Å². The number of hydrogen-bond donors (Lipinski definition) is 1. The van der Waals surface area contributed by atoms with Crippen LogP contribution in [0.1, 0.15) is 129 Å². The van der Waals surface area contributed by atoms with Gasteiger partial charge in [0.15, 0.2) is 0 Å². The van der Waals surface area contributed by atoms with Crippen molar-refractivity contribution in [1.82, 2.24) is 4.72 Å². The van der Waals surface area contributed by atoms with E-state index in [-0.39, 0.29) is 32.1 Å². The molecule has 0 aliphatic carbocycles. The van der Waals surface area contributed by atoms with Gasteiger partial charge in [-0.1, -0.05) is 75.7 Å². The highest BCUT2D eigenvalue weighted by Gasteiger charge is 2.65. The van der Waals surface area contributed by atoms with Crippen LogP contribution >= 0.6 is 0 Å². The molecule has 7 nitrogen and oxygen atoms in total. The van der Waals surface area contributed by atoms with E-state index in [0.29, 0.717) is 0 Å². The maximum Gasteiger partial charge on any atom is 0.511 e. The van der Waals surface area contributed by atoms with E-state index in [9.17, 15) is 57.5 Å². The Hall–Kier alpha value is -1.78. The molecule has 17 heteroatoms. The van der Waals surface area contributed by atoms with Gasteiger partial charge in [0, 0.05) is 0 Å². The van der Waals surface area contributed by atoms with Gasteiger partial charge in [0.25, 0.3) is 6.10 Å². The fourth-order valence-electron chi connectivity index (χ4n) is 6.92. The Bertz CT molecular complexity index is 1290. The number of nitrogens with one attached hydrogen (secondary N) is 1. The number of alkyl halides is 9. The molecule has 0 aliphatic heterocycles. The highest BCUT2D eigenvalue weighted by molar-refractivity contribution is 7.90. The van der Waals surface area contributed by atoms with E-state index in [1.165, 1.54) is 25.5 Å². The third-order valence-electron chi connectivity index (χ3n) is 11.0. The summed E-state index contributed by atoms with van der Waals surface area (Å²) in [5, 5.41) is 0. The lowest BCUT2D eigenvalue weighted by Gasteiger charge is -2.59. The van der Waals surface area contributed by atoms with Crippen LogP contribution in [0.4, 0.5) is 39.5 Å². The average molecular weight is 766 g/mol. The summed E-state index contributed by atoms with van der Waals surface area (Å²) in [6.45, 7) is 21.0. The standard InChI is InChI=1S/C33H56F9NO6S/c1-15-25(7,8)28(12,23(45)49-21(31(34,35)36)32(37,38)39)19-27(11,16-2)30(14,17-3)29(13,18-24(4,5)6)22(44)48-20-26(9,10)43-50(46,47)33(40,41)42/h21,43H,15-20H2,1-14H3. The Kier molecular flexibility index (Phi) is 14.4. The number of carbonyl (C=O) groups excluding carboxylic acids is 2. The SMILES string of the molecule is CCC(C)(C)C(C)(CC(C)(CC)C(C)(CC)C(C)(CC(C)(C)C)C(=O)OCC(C)(C)NS(=O)(=O)C(F)(F)F)C(=O)OC(C(F)(F)F)C(F)(F)F. The Morgan fingerprint density at radius 1 is 0.640 bits per heavy atom. The van der Waals surface area contributed by atoms with Crippen molar-refractivity contribution in [3.05, 3.63) is 0 Å². The number of ether oxygens (including phenoxy) is 2. The molecule has 0 saturated heterocycles. The molecule has 0 aromatic heterocycles. The lowest BCUT2D eigenvalue weighted by molar-refractivity contribution is -0.317. The molecule has 0 heterocycles. The molecule has 50 heavy (non-hydrogen) atoms. The first-order valence-corrected chi connectivity index (χ1v) is 17.8. The van der Waals surface area contributed by atoms with Crippen molar-refractivity contribution in [2.75, 3.05) is 6.61 Å². The van der Waals surface area contributed by atoms with Crippen LogP contribution in [0.2, 0.25) is 0 Å². The van der Waals surface area contributed by atoms with Gasteiger partial charge in [-0.15, -0.1) is 0 Å². The highest BCUT2D eigenvalue weighted by Crippen LogP contribution is 2.65. The molecule has 0 aliphatic rings. The Morgan fingerprint density at radius 3 is 1.40 bits per heavy atom. The van der Waals surface area contributed by atoms with Gasteiger partial charge in [0.05, 0.1) is 16.4 Å². The first-order chi connectivity index (χ1) is 21.7. The van der Waals surface area contributed by atoms with Crippen molar-refractivity contribution >= 4 is 22.0 Å². The topological polar surface area (TPSA) is 98.8 Å². The summed E-state index contributed by atoms with van der Waals surface area (Å²) in [5.41, 5.74) is -15.5. The predicted molar refractivity (Wildman–Crippen MR) is 171 cm³/mol. The second-order valence-electron chi connectivity index (χ2n) is 16.8. The fraction of sp³-hybridized carbons (Fsp3) is 0.939. The zero-order chi connectivity index (χ0) is 40.6. The van der Waals surface area contributed by atoms with Crippen LogP contribution in [-0.4, -0.2) is 56.5 Å². The number of sulfonamides is 1. The van der Waals surface area contributed by atoms with E-state index in [1.807, 2.05) is 0 Å². The molecule has 4 unspecified atom stereocenters. The molecule has 0 aromatic carbocycles. The normalized spacial score (nSPS) is 19.2. The molecule has 0 radical (unpaired) electrons. The molecule has 0 spiro atoms. The largest absolute Gasteiger partial charge is 0.511 e. The summed E-state index contributed by atoms with van der Waals surface area (Å²) in [5.74, 6) is -2.65. The zero-order valence-corrected chi connectivity index (χ0v) is 32.4. The van der Waals surface area contributed by atoms with Gasteiger partial charge < -0.3 is 9.47 Å². The predicted octanol–water partition coefficient (Wildman–Crippen LogP) is 9.89. The van der Waals surface area contributed by atoms with Crippen molar-refractivity contribution in [3.63, 3.8) is 0 Å². The number of halogens is 9. The van der Waals surface area contributed by atoms with E-state index < -0.39 is 90.6 Å². The molecule has 0 rings (SSSR count). The second-order valence-corrected chi connectivity index (χ2v) is 18.5. The summed E-state index contributed by atoms with van der Waals surface area (Å²) >= 11 is 0. The number of carbonyl (C=O) groups is 2. The summed E-state index contributed by atoms with van der Waals surface area (Å²) < 4.78 is 156. The molecule has 0 saturated carbocycles. The minimum atomic E-state index is -5.95. The summed E-state index contributed by atoms with van der Waals surface area (Å²) in [7, 11) is -5.83. The number of esters is 2.